The van der Waals surface area contributed by atoms with E-state index in [9.17, 15) is 18.0 Å². The Bertz CT molecular complexity index is 507. The maximum Gasteiger partial charge on any atom is 0.573 e. The molecule has 0 spiro atoms. The molecule has 1 unspecified atom stereocenters. The molecule has 0 bridgehead atoms. The van der Waals surface area contributed by atoms with Crippen LogP contribution in [0.5, 0.6) is 5.75 Å². The SMILES string of the molecule is O=C(Nc1ccc(OC(F)(F)F)c(Br)c1)C1CSCN1. The summed E-state index contributed by atoms with van der Waals surface area (Å²) in [6, 6.07) is 3.57. The van der Waals surface area contributed by atoms with Gasteiger partial charge in [0.2, 0.25) is 5.91 Å². The predicted molar refractivity (Wildman–Crippen MR) is 73.7 cm³/mol. The molecule has 2 N–H and O–H groups in total. The molecule has 0 aliphatic carbocycles. The quantitative estimate of drug-likeness (QED) is 0.858. The lowest BCUT2D eigenvalue weighted by atomic mass is 10.2. The van der Waals surface area contributed by atoms with E-state index < -0.39 is 6.36 Å². The summed E-state index contributed by atoms with van der Waals surface area (Å²) in [7, 11) is 0. The van der Waals surface area contributed by atoms with Crippen LogP contribution >= 0.6 is 27.7 Å². The standard InChI is InChI=1S/C11H10BrF3N2O2S/c12-7-3-6(1-2-9(7)19-11(13,14)15)17-10(18)8-4-20-5-16-8/h1-3,8,16H,4-5H2,(H,17,18). The van der Waals surface area contributed by atoms with E-state index in [2.05, 4.69) is 31.3 Å². The van der Waals surface area contributed by atoms with Crippen LogP contribution in [-0.4, -0.2) is 29.9 Å². The number of hydrogen-bond donors (Lipinski definition) is 2. The van der Waals surface area contributed by atoms with Crippen molar-refractivity contribution in [1.29, 1.82) is 0 Å². The molecule has 1 heterocycles. The topological polar surface area (TPSA) is 50.4 Å². The van der Waals surface area contributed by atoms with Gasteiger partial charge in [0.1, 0.15) is 5.75 Å². The minimum Gasteiger partial charge on any atom is -0.405 e. The number of anilines is 1. The zero-order chi connectivity index (χ0) is 14.8. The third-order valence-electron chi connectivity index (χ3n) is 2.46. The molecule has 1 aromatic carbocycles. The third kappa shape index (κ3) is 4.29. The first-order valence-electron chi connectivity index (χ1n) is 5.52. The number of halogens is 4. The minimum absolute atomic E-state index is 0.112. The predicted octanol–water partition coefficient (Wildman–Crippen LogP) is 2.95. The smallest absolute Gasteiger partial charge is 0.405 e. The first kappa shape index (κ1) is 15.5. The summed E-state index contributed by atoms with van der Waals surface area (Å²) < 4.78 is 40.3. The van der Waals surface area contributed by atoms with E-state index in [1.807, 2.05) is 0 Å². The molecular weight excluding hydrogens is 361 g/mol. The Morgan fingerprint density at radius 1 is 1.50 bits per heavy atom. The van der Waals surface area contributed by atoms with Crippen LogP contribution in [0.2, 0.25) is 0 Å². The molecule has 0 radical (unpaired) electrons. The second-order valence-electron chi connectivity index (χ2n) is 3.95. The fourth-order valence-corrected chi connectivity index (χ4v) is 2.98. The molecule has 1 aliphatic rings. The average molecular weight is 371 g/mol. The van der Waals surface area contributed by atoms with Crippen LogP contribution in [0, 0.1) is 0 Å². The van der Waals surface area contributed by atoms with Gasteiger partial charge in [0.05, 0.1) is 10.5 Å². The van der Waals surface area contributed by atoms with Crippen LogP contribution in [0.4, 0.5) is 18.9 Å². The molecular formula is C11H10BrF3N2O2S. The fraction of sp³-hybridized carbons (Fsp3) is 0.364. The summed E-state index contributed by atoms with van der Waals surface area (Å²) in [5.74, 6) is 0.805. The van der Waals surface area contributed by atoms with Gasteiger partial charge in [0.25, 0.3) is 0 Å². The van der Waals surface area contributed by atoms with Gasteiger partial charge in [0.15, 0.2) is 0 Å². The molecule has 1 saturated heterocycles. The molecule has 1 amide bonds. The lowest BCUT2D eigenvalue weighted by Gasteiger charge is -2.13. The van der Waals surface area contributed by atoms with Crippen molar-refractivity contribution in [3.8, 4) is 5.75 Å². The number of amides is 1. The molecule has 110 valence electrons. The van der Waals surface area contributed by atoms with Crippen LogP contribution in [0.3, 0.4) is 0 Å². The number of thioether (sulfide) groups is 1. The number of benzene rings is 1. The van der Waals surface area contributed by atoms with Gasteiger partial charge >= 0.3 is 6.36 Å². The normalized spacial score (nSPS) is 18.9. The summed E-state index contributed by atoms with van der Waals surface area (Å²) in [6.45, 7) is 0. The molecule has 1 atom stereocenters. The average Bonchev–Trinajstić information content (AvgIpc) is 2.85. The van der Waals surface area contributed by atoms with Gasteiger partial charge in [0, 0.05) is 17.3 Å². The van der Waals surface area contributed by atoms with Crippen molar-refractivity contribution < 1.29 is 22.7 Å². The highest BCUT2D eigenvalue weighted by molar-refractivity contribution is 9.10. The van der Waals surface area contributed by atoms with E-state index in [1.165, 1.54) is 12.1 Å². The van der Waals surface area contributed by atoms with Crippen molar-refractivity contribution in [3.05, 3.63) is 22.7 Å². The molecule has 9 heteroatoms. The Balaban J connectivity index is 2.03. The lowest BCUT2D eigenvalue weighted by Crippen LogP contribution is -2.37. The molecule has 0 aromatic heterocycles. The van der Waals surface area contributed by atoms with Crippen molar-refractivity contribution in [2.75, 3.05) is 16.9 Å². The summed E-state index contributed by atoms with van der Waals surface area (Å²) >= 11 is 4.58. The third-order valence-corrected chi connectivity index (χ3v) is 4.02. The maximum absolute atomic E-state index is 12.1. The lowest BCUT2D eigenvalue weighted by molar-refractivity contribution is -0.274. The largest absolute Gasteiger partial charge is 0.573 e. The molecule has 2 rings (SSSR count). The molecule has 4 nitrogen and oxygen atoms in total. The number of carbonyl (C=O) groups is 1. The Labute approximate surface area is 125 Å². The first-order valence-corrected chi connectivity index (χ1v) is 7.47. The van der Waals surface area contributed by atoms with Gasteiger partial charge in [-0.25, -0.2) is 0 Å². The molecule has 1 fully saturated rings. The van der Waals surface area contributed by atoms with Crippen LogP contribution in [0.25, 0.3) is 0 Å². The second kappa shape index (κ2) is 6.23. The van der Waals surface area contributed by atoms with E-state index in [4.69, 9.17) is 0 Å². The van der Waals surface area contributed by atoms with Crippen molar-refractivity contribution in [2.45, 2.75) is 12.4 Å². The highest BCUT2D eigenvalue weighted by Crippen LogP contribution is 2.32. The van der Waals surface area contributed by atoms with Crippen molar-refractivity contribution in [2.24, 2.45) is 0 Å². The van der Waals surface area contributed by atoms with Gasteiger partial charge in [-0.15, -0.1) is 24.9 Å². The number of ether oxygens (including phenoxy) is 1. The number of nitrogens with one attached hydrogen (secondary N) is 2. The fourth-order valence-electron chi connectivity index (χ4n) is 1.58. The van der Waals surface area contributed by atoms with E-state index in [0.29, 0.717) is 17.3 Å². The van der Waals surface area contributed by atoms with Crippen LogP contribution in [0.15, 0.2) is 22.7 Å². The highest BCUT2D eigenvalue weighted by atomic mass is 79.9. The van der Waals surface area contributed by atoms with Crippen LogP contribution in [0.1, 0.15) is 0 Å². The van der Waals surface area contributed by atoms with Crippen LogP contribution < -0.4 is 15.4 Å². The summed E-state index contributed by atoms with van der Waals surface area (Å²) in [5.41, 5.74) is 0.398. The Morgan fingerprint density at radius 3 is 2.80 bits per heavy atom. The number of carbonyl (C=O) groups excluding carboxylic acids is 1. The molecule has 20 heavy (non-hydrogen) atoms. The molecule has 1 aliphatic heterocycles. The van der Waals surface area contributed by atoms with Crippen molar-refractivity contribution in [1.82, 2.24) is 5.32 Å². The highest BCUT2D eigenvalue weighted by Gasteiger charge is 2.32. The zero-order valence-corrected chi connectivity index (χ0v) is 12.4. The maximum atomic E-state index is 12.1. The van der Waals surface area contributed by atoms with E-state index in [0.717, 1.165) is 6.07 Å². The molecule has 1 aromatic rings. The minimum atomic E-state index is -4.75. The van der Waals surface area contributed by atoms with E-state index in [1.54, 1.807) is 11.8 Å². The van der Waals surface area contributed by atoms with Crippen molar-refractivity contribution in [3.63, 3.8) is 0 Å². The Kier molecular flexibility index (Phi) is 4.82. The number of hydrogen-bond acceptors (Lipinski definition) is 4. The number of rotatable bonds is 3. The zero-order valence-electron chi connectivity index (χ0n) is 9.96. The Morgan fingerprint density at radius 2 is 2.25 bits per heavy atom. The second-order valence-corrected chi connectivity index (χ2v) is 5.84. The van der Waals surface area contributed by atoms with Gasteiger partial charge in [-0.2, -0.15) is 0 Å². The first-order chi connectivity index (χ1) is 9.35. The van der Waals surface area contributed by atoms with Gasteiger partial charge < -0.3 is 10.1 Å². The monoisotopic (exact) mass is 370 g/mol. The van der Waals surface area contributed by atoms with E-state index in [-0.39, 0.29) is 22.2 Å². The Hall–Kier alpha value is -0.930. The van der Waals surface area contributed by atoms with Gasteiger partial charge in [-0.05, 0) is 34.1 Å². The van der Waals surface area contributed by atoms with Crippen LogP contribution in [-0.2, 0) is 4.79 Å². The number of alkyl halides is 3. The summed E-state index contributed by atoms with van der Waals surface area (Å²) in [4.78, 5) is 11.8. The summed E-state index contributed by atoms with van der Waals surface area (Å²) in [6.07, 6.45) is -4.75. The van der Waals surface area contributed by atoms with Crippen molar-refractivity contribution >= 4 is 39.3 Å². The van der Waals surface area contributed by atoms with E-state index >= 15 is 0 Å². The van der Waals surface area contributed by atoms with Gasteiger partial charge in [-0.3, -0.25) is 10.1 Å². The summed E-state index contributed by atoms with van der Waals surface area (Å²) in [5, 5.41) is 5.63. The molecule has 0 saturated carbocycles. The van der Waals surface area contributed by atoms with Gasteiger partial charge in [-0.1, -0.05) is 0 Å².